The molecule has 3 aromatic rings. The summed E-state index contributed by atoms with van der Waals surface area (Å²) in [6.45, 7) is 10.4. The van der Waals surface area contributed by atoms with Crippen molar-refractivity contribution >= 4 is 16.9 Å². The van der Waals surface area contributed by atoms with Gasteiger partial charge in [-0.05, 0) is 88.5 Å². The third-order valence-corrected chi connectivity index (χ3v) is 14.7. The molecule has 11 rings (SSSR count). The number of para-hydroxylation sites is 1. The Kier molecular flexibility index (Phi) is 5.52. The van der Waals surface area contributed by atoms with Gasteiger partial charge in [-0.15, -0.1) is 0 Å². The molecular formula is C47H46N2. The highest BCUT2D eigenvalue weighted by Crippen LogP contribution is 2.78. The van der Waals surface area contributed by atoms with E-state index in [-0.39, 0.29) is 10.8 Å². The van der Waals surface area contributed by atoms with Crippen LogP contribution in [0.15, 0.2) is 139 Å². The minimum absolute atomic E-state index is 0.111. The van der Waals surface area contributed by atoms with Crippen molar-refractivity contribution in [3.05, 3.63) is 150 Å². The molecule has 8 atom stereocenters. The van der Waals surface area contributed by atoms with Crippen molar-refractivity contribution in [3.8, 4) is 11.1 Å². The molecule has 2 fully saturated rings. The first kappa shape index (κ1) is 28.5. The van der Waals surface area contributed by atoms with Crippen LogP contribution in [0.5, 0.6) is 0 Å². The summed E-state index contributed by atoms with van der Waals surface area (Å²) in [7, 11) is 0. The number of fused-ring (bicyclic) bond motifs is 2. The van der Waals surface area contributed by atoms with Crippen molar-refractivity contribution in [1.82, 2.24) is 0 Å². The van der Waals surface area contributed by atoms with Gasteiger partial charge < -0.3 is 9.80 Å². The molecule has 244 valence electrons. The molecule has 3 heterocycles. The van der Waals surface area contributed by atoms with Crippen molar-refractivity contribution in [3.63, 3.8) is 0 Å². The monoisotopic (exact) mass is 638 g/mol. The van der Waals surface area contributed by atoms with Gasteiger partial charge in [-0.25, -0.2) is 0 Å². The molecule has 2 heteroatoms. The molecule has 2 nitrogen and oxygen atoms in total. The molecular weight excluding hydrogens is 593 g/mol. The number of piperidine rings is 1. The normalized spacial score (nSPS) is 35.4. The van der Waals surface area contributed by atoms with Crippen molar-refractivity contribution in [2.45, 2.75) is 64.5 Å². The van der Waals surface area contributed by atoms with Gasteiger partial charge in [0.1, 0.15) is 0 Å². The lowest BCUT2D eigenvalue weighted by Gasteiger charge is -2.65. The van der Waals surface area contributed by atoms with Crippen LogP contribution in [0.2, 0.25) is 0 Å². The molecule has 8 unspecified atom stereocenters. The van der Waals surface area contributed by atoms with Crippen LogP contribution in [-0.4, -0.2) is 12.1 Å². The Bertz CT molecular complexity index is 2100. The Labute approximate surface area is 291 Å². The van der Waals surface area contributed by atoms with Gasteiger partial charge in [0.15, 0.2) is 0 Å². The summed E-state index contributed by atoms with van der Waals surface area (Å²) < 4.78 is 0. The lowest BCUT2D eigenvalue weighted by molar-refractivity contribution is 0.0309. The van der Waals surface area contributed by atoms with Crippen LogP contribution < -0.4 is 9.80 Å². The van der Waals surface area contributed by atoms with E-state index in [1.807, 2.05) is 0 Å². The minimum atomic E-state index is 0.111. The summed E-state index contributed by atoms with van der Waals surface area (Å²) in [5.74, 6) is 2.54. The van der Waals surface area contributed by atoms with E-state index in [0.717, 1.165) is 0 Å². The fraction of sp³-hybridized carbons (Fsp3) is 0.362. The molecule has 1 saturated carbocycles. The van der Waals surface area contributed by atoms with Crippen molar-refractivity contribution in [2.24, 2.45) is 40.4 Å². The molecule has 0 bridgehead atoms. The van der Waals surface area contributed by atoms with E-state index in [4.69, 9.17) is 0 Å². The lowest BCUT2D eigenvalue weighted by atomic mass is 9.50. The zero-order valence-corrected chi connectivity index (χ0v) is 29.2. The van der Waals surface area contributed by atoms with Crippen LogP contribution in [0.25, 0.3) is 16.7 Å². The van der Waals surface area contributed by atoms with Gasteiger partial charge in [0.2, 0.25) is 0 Å². The summed E-state index contributed by atoms with van der Waals surface area (Å²) in [6, 6.07) is 28.4. The van der Waals surface area contributed by atoms with E-state index >= 15 is 0 Å². The minimum Gasteiger partial charge on any atom is -0.359 e. The van der Waals surface area contributed by atoms with Crippen LogP contribution in [0.3, 0.4) is 0 Å². The second-order valence-electron chi connectivity index (χ2n) is 17.3. The highest BCUT2D eigenvalue weighted by molar-refractivity contribution is 5.95. The van der Waals surface area contributed by atoms with E-state index < -0.39 is 0 Å². The third-order valence-electron chi connectivity index (χ3n) is 14.7. The predicted molar refractivity (Wildman–Crippen MR) is 203 cm³/mol. The van der Waals surface area contributed by atoms with Crippen LogP contribution in [0.4, 0.5) is 11.4 Å². The summed E-state index contributed by atoms with van der Waals surface area (Å²) in [6.07, 6.45) is 26.4. The summed E-state index contributed by atoms with van der Waals surface area (Å²) in [5.41, 5.74) is 13.3. The number of anilines is 2. The SMILES string of the molecule is CC1(C)C2C=C(N(C3=CC=CC4CCC=CC34)c3ccc(-c4ccccc4)cc3)C=C3c4cccc5c4N(C32)C2C1C=CC1CC12C5(C)C. The highest BCUT2D eigenvalue weighted by Gasteiger charge is 2.76. The summed E-state index contributed by atoms with van der Waals surface area (Å²) in [4.78, 5) is 5.63. The number of allylic oxidation sites excluding steroid dienone is 7. The van der Waals surface area contributed by atoms with Gasteiger partial charge in [0.05, 0.1) is 6.04 Å². The maximum absolute atomic E-state index is 2.99. The van der Waals surface area contributed by atoms with Gasteiger partial charge in [0.25, 0.3) is 0 Å². The Morgan fingerprint density at radius 1 is 0.796 bits per heavy atom. The summed E-state index contributed by atoms with van der Waals surface area (Å²) in [5, 5.41) is 0. The molecule has 49 heavy (non-hydrogen) atoms. The first-order valence-corrected chi connectivity index (χ1v) is 18.9. The smallest absolute Gasteiger partial charge is 0.0622 e. The predicted octanol–water partition coefficient (Wildman–Crippen LogP) is 10.9. The zero-order chi connectivity index (χ0) is 32.9. The van der Waals surface area contributed by atoms with Gasteiger partial charge in [-0.1, -0.05) is 131 Å². The molecule has 8 aliphatic rings. The molecule has 1 saturated heterocycles. The Balaban J connectivity index is 1.12. The van der Waals surface area contributed by atoms with Crippen LogP contribution >= 0.6 is 0 Å². The maximum Gasteiger partial charge on any atom is 0.0622 e. The molecule has 0 N–H and O–H groups in total. The number of hydrogen-bond donors (Lipinski definition) is 0. The third kappa shape index (κ3) is 3.48. The lowest BCUT2D eigenvalue weighted by Crippen LogP contribution is -2.69. The second kappa shape index (κ2) is 9.48. The summed E-state index contributed by atoms with van der Waals surface area (Å²) >= 11 is 0. The van der Waals surface area contributed by atoms with Crippen LogP contribution in [0, 0.1) is 40.4 Å². The number of rotatable bonds is 4. The molecule has 0 radical (unpaired) electrons. The molecule has 0 aromatic heterocycles. The Hall–Kier alpha value is -4.30. The topological polar surface area (TPSA) is 6.48 Å². The maximum atomic E-state index is 2.99. The molecule has 3 aromatic carbocycles. The number of hydrogen-bond acceptors (Lipinski definition) is 2. The van der Waals surface area contributed by atoms with E-state index in [9.17, 15) is 0 Å². The first-order chi connectivity index (χ1) is 23.8. The first-order valence-electron chi connectivity index (χ1n) is 18.9. The fourth-order valence-corrected chi connectivity index (χ4v) is 12.2. The van der Waals surface area contributed by atoms with Crippen molar-refractivity contribution in [1.29, 1.82) is 0 Å². The van der Waals surface area contributed by atoms with Crippen LogP contribution in [0.1, 0.15) is 58.1 Å². The van der Waals surface area contributed by atoms with E-state index in [2.05, 4.69) is 165 Å². The highest BCUT2D eigenvalue weighted by atomic mass is 15.3. The van der Waals surface area contributed by atoms with E-state index in [1.54, 1.807) is 16.8 Å². The molecule has 0 amide bonds. The molecule has 3 aliphatic heterocycles. The van der Waals surface area contributed by atoms with Crippen molar-refractivity contribution < 1.29 is 0 Å². The molecule has 5 aliphatic carbocycles. The zero-order valence-electron chi connectivity index (χ0n) is 29.2. The van der Waals surface area contributed by atoms with Gasteiger partial charge in [-0.3, -0.25) is 0 Å². The van der Waals surface area contributed by atoms with Gasteiger partial charge in [-0.2, -0.15) is 0 Å². The second-order valence-corrected chi connectivity index (χ2v) is 17.3. The average molecular weight is 639 g/mol. The fourth-order valence-electron chi connectivity index (χ4n) is 12.2. The quantitative estimate of drug-likeness (QED) is 0.262. The largest absolute Gasteiger partial charge is 0.359 e. The van der Waals surface area contributed by atoms with E-state index in [0.29, 0.717) is 47.1 Å². The standard InChI is InChI=1S/C47H46N2/c1-45(2)39-25-22-32-28-47(32)44(39)49-42-36(17-11-18-38(42)46(47,3)4)37-26-34(27-40(45)43(37)49)48(41-19-10-15-31-14-8-9-16-35(31)41)33-23-20-30(21-24-33)29-12-6-5-7-13-29/h5-7,9-13,15-27,31-32,35,39-40,43-44H,8,14,28H2,1-4H3. The number of benzene rings is 3. The van der Waals surface area contributed by atoms with Crippen molar-refractivity contribution in [2.75, 3.05) is 9.80 Å². The molecule has 1 spiro atoms. The average Bonchev–Trinajstić information content (AvgIpc) is 3.81. The Morgan fingerprint density at radius 3 is 2.45 bits per heavy atom. The van der Waals surface area contributed by atoms with Gasteiger partial charge in [0, 0.05) is 57.5 Å². The van der Waals surface area contributed by atoms with Crippen LogP contribution in [-0.2, 0) is 5.41 Å². The van der Waals surface area contributed by atoms with E-state index in [1.165, 1.54) is 53.0 Å². The van der Waals surface area contributed by atoms with Gasteiger partial charge >= 0.3 is 0 Å². The Morgan fingerprint density at radius 2 is 1.61 bits per heavy atom. The number of nitrogens with zero attached hydrogens (tertiary/aromatic N) is 2.